The molecule has 2 saturated heterocycles. The first-order valence-electron chi connectivity index (χ1n) is 20.7. The van der Waals surface area contributed by atoms with Crippen molar-refractivity contribution in [3.05, 3.63) is 130 Å². The van der Waals surface area contributed by atoms with Gasteiger partial charge in [0.2, 0.25) is 0 Å². The van der Waals surface area contributed by atoms with Crippen molar-refractivity contribution in [3.8, 4) is 28.4 Å². The Morgan fingerprint density at radius 3 is 2.54 bits per heavy atom. The minimum Gasteiger partial charge on any atom is -0.493 e. The van der Waals surface area contributed by atoms with Crippen molar-refractivity contribution in [2.45, 2.75) is 24.3 Å². The summed E-state index contributed by atoms with van der Waals surface area (Å²) in [5.41, 5.74) is 3.97. The molecule has 18 heteroatoms. The number of aromatic amines is 1. The number of pyridine rings is 1. The number of rotatable bonds is 19. The third-order valence-electron chi connectivity index (χ3n) is 11.0. The van der Waals surface area contributed by atoms with E-state index < -0.39 is 31.4 Å². The molecule has 2 aromatic heterocycles. The van der Waals surface area contributed by atoms with Crippen molar-refractivity contribution in [2.24, 2.45) is 11.8 Å². The van der Waals surface area contributed by atoms with Crippen LogP contribution in [0.5, 0.6) is 17.2 Å². The lowest BCUT2D eigenvalue weighted by Crippen LogP contribution is -2.45. The van der Waals surface area contributed by atoms with Gasteiger partial charge in [-0.25, -0.2) is 18.1 Å². The number of halogens is 1. The predicted molar refractivity (Wildman–Crippen MR) is 241 cm³/mol. The summed E-state index contributed by atoms with van der Waals surface area (Å²) in [6, 6.07) is 25.5. The topological polar surface area (TPSA) is 211 Å². The van der Waals surface area contributed by atoms with Gasteiger partial charge in [-0.3, -0.25) is 14.9 Å². The van der Waals surface area contributed by atoms with Gasteiger partial charge >= 0.3 is 0 Å². The zero-order valence-corrected chi connectivity index (χ0v) is 35.8. The van der Waals surface area contributed by atoms with Gasteiger partial charge in [0.25, 0.3) is 21.6 Å². The normalized spacial score (nSPS) is 14.5. The third kappa shape index (κ3) is 10.9. The molecule has 63 heavy (non-hydrogen) atoms. The summed E-state index contributed by atoms with van der Waals surface area (Å²) in [4.78, 5) is 32.2. The Morgan fingerprint density at radius 1 is 0.937 bits per heavy atom. The lowest BCUT2D eigenvalue weighted by atomic mass is 9.98. The van der Waals surface area contributed by atoms with Crippen LogP contribution in [-0.4, -0.2) is 81.8 Å². The van der Waals surface area contributed by atoms with Gasteiger partial charge in [0.15, 0.2) is 0 Å². The number of nitrogens with zero attached hydrogens (tertiary/aromatic N) is 2. The maximum atomic E-state index is 13.8. The Labute approximate surface area is 369 Å². The molecule has 16 nitrogen and oxygen atoms in total. The standard InChI is InChI=1S/C45H47ClN8O8S/c46-33-6-4-31(5-7-33)37-2-1-3-42(61-28-30-23-48-24-30)39(37)27-47-16-17-49-34-8-10-38(43(21-34)62-35-20-32-12-15-50-44(32)52-26-35)45(55)53-63(58,59)36-9-11-40(41(22-36)54(56)57)51-25-29-13-18-60-19-14-29/h1-12,15,20-22,26,29-30,47-49,51H,13-14,16-19,23-25,27-28H2,(H,50,52)(H,53,55). The average molecular weight is 895 g/mol. The van der Waals surface area contributed by atoms with E-state index in [1.165, 1.54) is 24.4 Å². The van der Waals surface area contributed by atoms with Gasteiger partial charge in [0.1, 0.15) is 28.6 Å². The van der Waals surface area contributed by atoms with Gasteiger partial charge in [-0.05, 0) is 84.5 Å². The fraction of sp³-hybridized carbons (Fsp3) is 0.289. The van der Waals surface area contributed by atoms with Crippen LogP contribution in [0.1, 0.15) is 28.8 Å². The largest absolute Gasteiger partial charge is 0.493 e. The van der Waals surface area contributed by atoms with E-state index in [0.717, 1.165) is 59.8 Å². The number of hydrogen-bond donors (Lipinski definition) is 6. The monoisotopic (exact) mass is 894 g/mol. The predicted octanol–water partition coefficient (Wildman–Crippen LogP) is 7.34. The van der Waals surface area contributed by atoms with E-state index >= 15 is 0 Å². The lowest BCUT2D eigenvalue weighted by molar-refractivity contribution is -0.384. The third-order valence-corrected chi connectivity index (χ3v) is 12.6. The van der Waals surface area contributed by atoms with Gasteiger partial charge in [0, 0.05) is 98.4 Å². The second-order valence-corrected chi connectivity index (χ2v) is 17.6. The van der Waals surface area contributed by atoms with Gasteiger partial charge < -0.3 is 40.5 Å². The molecule has 4 aromatic carbocycles. The number of nitro benzene ring substituents is 1. The first-order valence-corrected chi connectivity index (χ1v) is 22.5. The number of amides is 1. The highest BCUT2D eigenvalue weighted by molar-refractivity contribution is 7.90. The van der Waals surface area contributed by atoms with Gasteiger partial charge in [0.05, 0.1) is 28.2 Å². The molecule has 0 saturated carbocycles. The molecule has 6 N–H and O–H groups in total. The minimum absolute atomic E-state index is 0.0522. The summed E-state index contributed by atoms with van der Waals surface area (Å²) in [7, 11) is -4.57. The molecule has 2 aliphatic heterocycles. The van der Waals surface area contributed by atoms with E-state index in [1.807, 2.05) is 42.5 Å². The molecular weight excluding hydrogens is 848 g/mol. The van der Waals surface area contributed by atoms with Crippen LogP contribution in [-0.2, 0) is 21.3 Å². The summed E-state index contributed by atoms with van der Waals surface area (Å²) < 4.78 is 47.2. The first-order chi connectivity index (χ1) is 30.6. The molecule has 0 aliphatic carbocycles. The number of nitro groups is 1. The van der Waals surface area contributed by atoms with Crippen LogP contribution in [0.2, 0.25) is 5.02 Å². The molecule has 0 atom stereocenters. The van der Waals surface area contributed by atoms with Crippen LogP contribution >= 0.6 is 11.6 Å². The highest BCUT2D eigenvalue weighted by Crippen LogP contribution is 2.34. The van der Waals surface area contributed by atoms with Crippen molar-refractivity contribution in [2.75, 3.05) is 63.2 Å². The first kappa shape index (κ1) is 43.4. The zero-order chi connectivity index (χ0) is 43.8. The Kier molecular flexibility index (Phi) is 13.7. The summed E-state index contributed by atoms with van der Waals surface area (Å²) >= 11 is 6.20. The molecule has 6 aromatic rings. The summed E-state index contributed by atoms with van der Waals surface area (Å²) in [5.74, 6) is 0.908. The quantitative estimate of drug-likeness (QED) is 0.0267. The van der Waals surface area contributed by atoms with E-state index in [9.17, 15) is 23.3 Å². The molecule has 2 fully saturated rings. The molecule has 0 radical (unpaired) electrons. The van der Waals surface area contributed by atoms with Gasteiger partial charge in [-0.1, -0.05) is 35.9 Å². The van der Waals surface area contributed by atoms with Crippen LogP contribution in [0.3, 0.4) is 0 Å². The molecule has 8 rings (SSSR count). The smallest absolute Gasteiger partial charge is 0.293 e. The van der Waals surface area contributed by atoms with E-state index in [-0.39, 0.29) is 22.9 Å². The van der Waals surface area contributed by atoms with E-state index in [0.29, 0.717) is 74.0 Å². The average Bonchev–Trinajstić information content (AvgIpc) is 3.74. The van der Waals surface area contributed by atoms with Crippen molar-refractivity contribution in [3.63, 3.8) is 0 Å². The van der Waals surface area contributed by atoms with E-state index in [1.54, 1.807) is 24.4 Å². The number of anilines is 2. The summed E-state index contributed by atoms with van der Waals surface area (Å²) in [6.07, 6.45) is 4.85. The highest BCUT2D eigenvalue weighted by Gasteiger charge is 2.27. The summed E-state index contributed by atoms with van der Waals surface area (Å²) in [6.45, 7) is 5.73. The van der Waals surface area contributed by atoms with Crippen LogP contribution in [0.4, 0.5) is 17.1 Å². The fourth-order valence-electron chi connectivity index (χ4n) is 7.39. The Bertz CT molecular complexity index is 2690. The number of fused-ring (bicyclic) bond motifs is 1. The van der Waals surface area contributed by atoms with Crippen LogP contribution in [0.25, 0.3) is 22.2 Å². The second-order valence-electron chi connectivity index (χ2n) is 15.4. The van der Waals surface area contributed by atoms with E-state index in [2.05, 4.69) is 42.0 Å². The number of sulfonamides is 1. The minimum atomic E-state index is -4.57. The van der Waals surface area contributed by atoms with Gasteiger partial charge in [-0.2, -0.15) is 0 Å². The van der Waals surface area contributed by atoms with Crippen molar-refractivity contribution < 1.29 is 32.3 Å². The maximum Gasteiger partial charge on any atom is 0.293 e. The fourth-order valence-corrected chi connectivity index (χ4v) is 8.50. The molecule has 0 unspecified atom stereocenters. The van der Waals surface area contributed by atoms with Crippen LogP contribution in [0.15, 0.2) is 108 Å². The molecule has 328 valence electrons. The Balaban J connectivity index is 0.966. The van der Waals surface area contributed by atoms with E-state index in [4.69, 9.17) is 25.8 Å². The van der Waals surface area contributed by atoms with Crippen molar-refractivity contribution in [1.29, 1.82) is 0 Å². The Hall–Kier alpha value is -6.24. The highest BCUT2D eigenvalue weighted by atomic mass is 35.5. The molecule has 4 heterocycles. The Morgan fingerprint density at radius 2 is 1.76 bits per heavy atom. The lowest BCUT2D eigenvalue weighted by Gasteiger charge is -2.27. The second kappa shape index (κ2) is 19.9. The van der Waals surface area contributed by atoms with Crippen molar-refractivity contribution >= 4 is 55.6 Å². The number of carbonyl (C=O) groups excluding carboxylic acids is 1. The van der Waals surface area contributed by atoms with Gasteiger partial charge in [-0.15, -0.1) is 0 Å². The number of hydrogen-bond acceptors (Lipinski definition) is 13. The van der Waals surface area contributed by atoms with Crippen molar-refractivity contribution in [1.82, 2.24) is 25.3 Å². The zero-order valence-electron chi connectivity index (χ0n) is 34.2. The summed E-state index contributed by atoms with van der Waals surface area (Å²) in [5, 5.41) is 26.7. The number of nitrogens with one attached hydrogen (secondary N) is 6. The number of aromatic nitrogens is 2. The SMILES string of the molecule is O=C(NS(=O)(=O)c1ccc(NCC2CCOCC2)c([N+](=O)[O-])c1)c1ccc(NCCNCc2c(OCC3CNC3)cccc2-c2ccc(Cl)cc2)cc1Oc1cnc2[nH]ccc2c1. The maximum absolute atomic E-state index is 13.8. The molecule has 1 amide bonds. The number of benzene rings is 4. The van der Waals surface area contributed by atoms with Crippen LogP contribution < -0.4 is 35.5 Å². The molecular formula is C45H47ClN8O8S. The number of carbonyl (C=O) groups is 1. The number of H-pyrrole nitrogens is 1. The molecule has 2 aliphatic rings. The molecule has 0 bridgehead atoms. The molecule has 0 spiro atoms. The number of ether oxygens (including phenoxy) is 3. The van der Waals surface area contributed by atoms with Crippen LogP contribution in [0, 0.1) is 22.0 Å².